The van der Waals surface area contributed by atoms with Crippen LogP contribution < -0.4 is 17.2 Å². The Labute approximate surface area is 197 Å². The number of nitrogens with two attached hydrogens (primary N) is 3. The molecule has 0 bridgehead atoms. The largest absolute Gasteiger partial charge is 0.456 e. The third kappa shape index (κ3) is 6.38. The second-order valence-corrected chi connectivity index (χ2v) is 7.54. The molecule has 2 aromatic carbocycles. The van der Waals surface area contributed by atoms with Crippen molar-refractivity contribution >= 4 is 34.9 Å². The standard InChI is InChI=1S/C24H25ClN6O2/c1-29-22(23(32)33-14-17-9-7-16(13-26)8-10-17)18(11-15-5-3-2-4-6-15)21(27)19-12-20(25)31-24(28)30-19/h2-10,12H,11,13-14,26-27H2,1H3,(H2,28,30,31)/b21-18-,29-22?. The number of aliphatic imine (C=N–C) groups is 1. The molecular formula is C24H25ClN6O2. The van der Waals surface area contributed by atoms with Crippen molar-refractivity contribution < 1.29 is 9.53 Å². The molecule has 9 heteroatoms. The van der Waals surface area contributed by atoms with E-state index in [1.165, 1.54) is 13.1 Å². The summed E-state index contributed by atoms with van der Waals surface area (Å²) in [4.78, 5) is 25.2. The lowest BCUT2D eigenvalue weighted by Crippen LogP contribution is -2.24. The summed E-state index contributed by atoms with van der Waals surface area (Å²) in [6.07, 6.45) is 0.321. The minimum atomic E-state index is -0.609. The van der Waals surface area contributed by atoms with Crippen LogP contribution in [-0.4, -0.2) is 28.7 Å². The predicted molar refractivity (Wildman–Crippen MR) is 130 cm³/mol. The average molecular weight is 465 g/mol. The van der Waals surface area contributed by atoms with Gasteiger partial charge in [0.2, 0.25) is 5.95 Å². The summed E-state index contributed by atoms with van der Waals surface area (Å²) in [6.45, 7) is 0.519. The van der Waals surface area contributed by atoms with Crippen LogP contribution in [0.1, 0.15) is 22.4 Å². The van der Waals surface area contributed by atoms with Crippen LogP contribution >= 0.6 is 11.6 Å². The van der Waals surface area contributed by atoms with E-state index in [9.17, 15) is 4.79 Å². The van der Waals surface area contributed by atoms with Gasteiger partial charge >= 0.3 is 5.97 Å². The zero-order valence-electron chi connectivity index (χ0n) is 18.2. The first-order chi connectivity index (χ1) is 15.9. The lowest BCUT2D eigenvalue weighted by Gasteiger charge is -2.15. The number of hydrogen-bond acceptors (Lipinski definition) is 8. The van der Waals surface area contributed by atoms with Crippen molar-refractivity contribution in [3.05, 3.63) is 93.8 Å². The van der Waals surface area contributed by atoms with Gasteiger partial charge in [-0.15, -0.1) is 0 Å². The van der Waals surface area contributed by atoms with Gasteiger partial charge < -0.3 is 21.9 Å². The predicted octanol–water partition coefficient (Wildman–Crippen LogP) is 2.90. The number of benzene rings is 2. The number of carbonyl (C=O) groups excluding carboxylic acids is 1. The fraction of sp³-hybridized carbons (Fsp3) is 0.167. The van der Waals surface area contributed by atoms with E-state index in [2.05, 4.69) is 15.0 Å². The Morgan fingerprint density at radius 2 is 1.70 bits per heavy atom. The first-order valence-corrected chi connectivity index (χ1v) is 10.5. The molecule has 1 heterocycles. The van der Waals surface area contributed by atoms with E-state index in [1.807, 2.05) is 54.6 Å². The number of nitrogen functional groups attached to an aromatic ring is 1. The van der Waals surface area contributed by atoms with E-state index in [-0.39, 0.29) is 29.1 Å². The maximum Gasteiger partial charge on any atom is 0.357 e. The van der Waals surface area contributed by atoms with Crippen molar-refractivity contribution in [3.63, 3.8) is 0 Å². The molecule has 3 rings (SSSR count). The third-order valence-electron chi connectivity index (χ3n) is 4.87. The van der Waals surface area contributed by atoms with Crippen molar-refractivity contribution in [2.75, 3.05) is 12.8 Å². The van der Waals surface area contributed by atoms with Crippen LogP contribution in [0, 0.1) is 0 Å². The molecule has 6 N–H and O–H groups in total. The van der Waals surface area contributed by atoms with E-state index in [0.717, 1.165) is 16.7 Å². The molecule has 0 aliphatic rings. The van der Waals surface area contributed by atoms with Gasteiger partial charge in [0.05, 0.1) is 11.4 Å². The number of carbonyl (C=O) groups is 1. The van der Waals surface area contributed by atoms with Crippen molar-refractivity contribution in [1.29, 1.82) is 0 Å². The normalized spacial score (nSPS) is 12.3. The molecule has 0 fully saturated rings. The molecule has 1 aromatic heterocycles. The lowest BCUT2D eigenvalue weighted by atomic mass is 9.97. The molecule has 0 radical (unpaired) electrons. The summed E-state index contributed by atoms with van der Waals surface area (Å²) in [6, 6.07) is 18.5. The monoisotopic (exact) mass is 464 g/mol. The smallest absolute Gasteiger partial charge is 0.357 e. The Bertz CT molecular complexity index is 1160. The van der Waals surface area contributed by atoms with Gasteiger partial charge in [-0.2, -0.15) is 0 Å². The minimum absolute atomic E-state index is 0.0296. The summed E-state index contributed by atoms with van der Waals surface area (Å²) in [5, 5.41) is 0.137. The molecule has 0 spiro atoms. The highest BCUT2D eigenvalue weighted by Gasteiger charge is 2.23. The summed E-state index contributed by atoms with van der Waals surface area (Å²) >= 11 is 6.04. The Balaban J connectivity index is 1.93. The van der Waals surface area contributed by atoms with Gasteiger partial charge in [-0.05, 0) is 16.7 Å². The summed E-state index contributed by atoms with van der Waals surface area (Å²) in [5.74, 6) is -0.639. The highest BCUT2D eigenvalue weighted by Crippen LogP contribution is 2.21. The first-order valence-electron chi connectivity index (χ1n) is 10.2. The highest BCUT2D eigenvalue weighted by molar-refractivity contribution is 6.44. The molecular weight excluding hydrogens is 440 g/mol. The van der Waals surface area contributed by atoms with E-state index >= 15 is 0 Å². The second kappa shape index (κ2) is 11.2. The van der Waals surface area contributed by atoms with E-state index in [4.69, 9.17) is 33.5 Å². The molecule has 170 valence electrons. The Kier molecular flexibility index (Phi) is 8.12. The van der Waals surface area contributed by atoms with Gasteiger partial charge in [-0.1, -0.05) is 66.2 Å². The van der Waals surface area contributed by atoms with Crippen LogP contribution in [0.15, 0.2) is 71.2 Å². The fourth-order valence-corrected chi connectivity index (χ4v) is 3.36. The number of rotatable bonds is 8. The lowest BCUT2D eigenvalue weighted by molar-refractivity contribution is -0.136. The minimum Gasteiger partial charge on any atom is -0.456 e. The SMILES string of the molecule is CN=C(C(=O)OCc1ccc(CN)cc1)/C(Cc1ccccc1)=C(\N)c1cc(Cl)nc(N)n1. The van der Waals surface area contributed by atoms with Crippen LogP contribution in [0.4, 0.5) is 5.95 Å². The number of ether oxygens (including phenoxy) is 1. The molecule has 33 heavy (non-hydrogen) atoms. The quantitative estimate of drug-likeness (QED) is 0.264. The van der Waals surface area contributed by atoms with Gasteiger partial charge in [0, 0.05) is 31.7 Å². The van der Waals surface area contributed by atoms with E-state index in [0.29, 0.717) is 24.2 Å². The molecule has 0 atom stereocenters. The van der Waals surface area contributed by atoms with Gasteiger partial charge in [0.25, 0.3) is 0 Å². The van der Waals surface area contributed by atoms with Crippen LogP contribution in [0.3, 0.4) is 0 Å². The van der Waals surface area contributed by atoms with Crippen LogP contribution in [-0.2, 0) is 29.1 Å². The topological polar surface area (TPSA) is 142 Å². The van der Waals surface area contributed by atoms with Crippen LogP contribution in [0.2, 0.25) is 5.15 Å². The van der Waals surface area contributed by atoms with Crippen molar-refractivity contribution in [3.8, 4) is 0 Å². The maximum atomic E-state index is 13.0. The van der Waals surface area contributed by atoms with E-state index in [1.54, 1.807) is 0 Å². The first kappa shape index (κ1) is 23.9. The molecule has 0 saturated heterocycles. The van der Waals surface area contributed by atoms with Crippen LogP contribution in [0.5, 0.6) is 0 Å². The fourth-order valence-electron chi connectivity index (χ4n) is 3.17. The van der Waals surface area contributed by atoms with Gasteiger partial charge in [-0.25, -0.2) is 14.8 Å². The molecule has 8 nitrogen and oxygen atoms in total. The number of aromatic nitrogens is 2. The summed E-state index contributed by atoms with van der Waals surface area (Å²) in [5.41, 5.74) is 21.6. The Hall–Kier alpha value is -3.75. The van der Waals surface area contributed by atoms with Crippen LogP contribution in [0.25, 0.3) is 5.70 Å². The zero-order valence-corrected chi connectivity index (χ0v) is 18.9. The Morgan fingerprint density at radius 1 is 1.03 bits per heavy atom. The van der Waals surface area contributed by atoms with Gasteiger partial charge in [-0.3, -0.25) is 4.99 Å². The maximum absolute atomic E-state index is 13.0. The average Bonchev–Trinajstić information content (AvgIpc) is 2.82. The number of hydrogen-bond donors (Lipinski definition) is 3. The number of nitrogens with zero attached hydrogens (tertiary/aromatic N) is 3. The van der Waals surface area contributed by atoms with Crippen molar-refractivity contribution in [2.45, 2.75) is 19.6 Å². The number of esters is 1. The summed E-state index contributed by atoms with van der Waals surface area (Å²) < 4.78 is 5.53. The number of anilines is 1. The molecule has 0 aliphatic heterocycles. The van der Waals surface area contributed by atoms with Crippen molar-refractivity contribution in [1.82, 2.24) is 9.97 Å². The van der Waals surface area contributed by atoms with E-state index < -0.39 is 5.97 Å². The molecule has 0 unspecified atom stereocenters. The molecule has 0 amide bonds. The Morgan fingerprint density at radius 3 is 2.30 bits per heavy atom. The molecule has 3 aromatic rings. The van der Waals surface area contributed by atoms with Gasteiger partial charge in [0.1, 0.15) is 17.5 Å². The second-order valence-electron chi connectivity index (χ2n) is 7.16. The summed E-state index contributed by atoms with van der Waals surface area (Å²) in [7, 11) is 1.51. The molecule has 0 aliphatic carbocycles. The third-order valence-corrected chi connectivity index (χ3v) is 5.06. The molecule has 0 saturated carbocycles. The van der Waals surface area contributed by atoms with Gasteiger partial charge in [0.15, 0.2) is 0 Å². The highest BCUT2D eigenvalue weighted by atomic mass is 35.5. The number of halogens is 1. The van der Waals surface area contributed by atoms with Crippen molar-refractivity contribution in [2.24, 2.45) is 16.5 Å². The zero-order chi connectivity index (χ0) is 23.8.